The maximum atomic E-state index is 5.54. The van der Waals surface area contributed by atoms with E-state index in [0.29, 0.717) is 12.5 Å². The first kappa shape index (κ1) is 18.9. The lowest BCUT2D eigenvalue weighted by molar-refractivity contribution is 0.340. The Morgan fingerprint density at radius 2 is 1.79 bits per heavy atom. The Bertz CT molecular complexity index is 1020. The Morgan fingerprint density at radius 3 is 2.48 bits per heavy atom. The molecule has 0 spiro atoms. The highest BCUT2D eigenvalue weighted by atomic mass is 16.5. The smallest absolute Gasteiger partial charge is 0.129 e. The zero-order valence-electron chi connectivity index (χ0n) is 16.6. The Labute approximate surface area is 171 Å². The number of aromatic nitrogens is 3. The summed E-state index contributed by atoms with van der Waals surface area (Å²) in [6.45, 7) is 12.0. The van der Waals surface area contributed by atoms with Gasteiger partial charge in [-0.15, -0.1) is 0 Å². The van der Waals surface area contributed by atoms with Gasteiger partial charge in [-0.2, -0.15) is 0 Å². The van der Waals surface area contributed by atoms with Crippen LogP contribution in [0.15, 0.2) is 61.9 Å². The van der Waals surface area contributed by atoms with E-state index in [1.54, 1.807) is 24.5 Å². The second-order valence-electron chi connectivity index (χ2n) is 6.90. The van der Waals surface area contributed by atoms with Gasteiger partial charge in [0.05, 0.1) is 23.7 Å². The molecule has 1 saturated heterocycles. The summed E-state index contributed by atoms with van der Waals surface area (Å²) >= 11 is 0. The van der Waals surface area contributed by atoms with Crippen LogP contribution in [0.4, 0.5) is 5.82 Å². The minimum absolute atomic E-state index is 0.318. The first-order valence-electron chi connectivity index (χ1n) is 9.78. The third kappa shape index (κ3) is 3.76. The summed E-state index contributed by atoms with van der Waals surface area (Å²) in [6.07, 6.45) is 7.08. The molecule has 1 fully saturated rings. The molecule has 5 heteroatoms. The van der Waals surface area contributed by atoms with Crippen molar-refractivity contribution in [1.82, 2.24) is 15.0 Å². The van der Waals surface area contributed by atoms with Crippen molar-refractivity contribution in [2.75, 3.05) is 24.6 Å². The summed E-state index contributed by atoms with van der Waals surface area (Å²) < 4.78 is 5.54. The van der Waals surface area contributed by atoms with E-state index >= 15 is 0 Å². The molecule has 0 N–H and O–H groups in total. The van der Waals surface area contributed by atoms with Crippen molar-refractivity contribution >= 4 is 18.0 Å². The molecule has 1 aliphatic rings. The number of pyridine rings is 1. The van der Waals surface area contributed by atoms with Gasteiger partial charge in [-0.25, -0.2) is 4.98 Å². The molecule has 29 heavy (non-hydrogen) atoms. The van der Waals surface area contributed by atoms with E-state index in [9.17, 15) is 0 Å². The minimum Gasteiger partial charge on any atom is -0.494 e. The standard InChI is InChI=1S/C24H24N4O/c1-4-17-9-12-22(27-21(17)5-2)28-15-19(16-28)24-23(25-13-14-26-24)18-7-10-20(11-8-18)29-6-3/h4-5,7-14,19H,1-2,6,15-16H2,3H3. The molecular weight excluding hydrogens is 360 g/mol. The van der Waals surface area contributed by atoms with Crippen LogP contribution in [0.25, 0.3) is 23.4 Å². The zero-order valence-corrected chi connectivity index (χ0v) is 16.6. The number of rotatable bonds is 7. The predicted octanol–water partition coefficient (Wildman–Crippen LogP) is 4.83. The highest BCUT2D eigenvalue weighted by molar-refractivity contribution is 5.66. The first-order valence-corrected chi connectivity index (χ1v) is 9.78. The van der Waals surface area contributed by atoms with Crippen molar-refractivity contribution in [2.24, 2.45) is 0 Å². The average Bonchev–Trinajstić information content (AvgIpc) is 2.74. The van der Waals surface area contributed by atoms with Crippen molar-refractivity contribution in [3.8, 4) is 17.0 Å². The van der Waals surface area contributed by atoms with Crippen LogP contribution in [0.1, 0.15) is 29.8 Å². The minimum atomic E-state index is 0.318. The average molecular weight is 384 g/mol. The molecule has 2 aromatic heterocycles. The molecule has 0 amide bonds. The monoisotopic (exact) mass is 384 g/mol. The van der Waals surface area contributed by atoms with E-state index < -0.39 is 0 Å². The van der Waals surface area contributed by atoms with Crippen LogP contribution < -0.4 is 9.64 Å². The summed E-state index contributed by atoms with van der Waals surface area (Å²) in [5.41, 5.74) is 4.86. The second-order valence-corrected chi connectivity index (χ2v) is 6.90. The maximum Gasteiger partial charge on any atom is 0.129 e. The Morgan fingerprint density at radius 1 is 1.03 bits per heavy atom. The molecule has 0 saturated carbocycles. The van der Waals surface area contributed by atoms with Crippen molar-refractivity contribution < 1.29 is 4.74 Å². The number of benzene rings is 1. The molecular formula is C24H24N4O. The third-order valence-corrected chi connectivity index (χ3v) is 5.11. The van der Waals surface area contributed by atoms with Crippen molar-refractivity contribution in [2.45, 2.75) is 12.8 Å². The van der Waals surface area contributed by atoms with E-state index in [0.717, 1.165) is 52.9 Å². The van der Waals surface area contributed by atoms with Crippen molar-refractivity contribution in [3.05, 3.63) is 78.9 Å². The zero-order chi connectivity index (χ0) is 20.2. The molecule has 0 bridgehead atoms. The van der Waals surface area contributed by atoms with Crippen LogP contribution in [0.5, 0.6) is 5.75 Å². The quantitative estimate of drug-likeness (QED) is 0.584. The number of ether oxygens (including phenoxy) is 1. The fourth-order valence-corrected chi connectivity index (χ4v) is 3.57. The maximum absolute atomic E-state index is 5.54. The Hall–Kier alpha value is -3.47. The SMILES string of the molecule is C=Cc1ccc(N2CC(c3nccnc3-c3ccc(OCC)cc3)C2)nc1C=C. The molecule has 0 unspecified atom stereocenters. The van der Waals surface area contributed by atoms with Gasteiger partial charge in [0.1, 0.15) is 11.6 Å². The normalized spacial score (nSPS) is 13.6. The topological polar surface area (TPSA) is 51.1 Å². The molecule has 0 aliphatic carbocycles. The van der Waals surface area contributed by atoms with Gasteiger partial charge in [-0.1, -0.05) is 19.2 Å². The van der Waals surface area contributed by atoms with E-state index in [4.69, 9.17) is 9.72 Å². The number of nitrogens with zero attached hydrogens (tertiary/aromatic N) is 4. The van der Waals surface area contributed by atoms with Crippen LogP contribution in [0.3, 0.4) is 0 Å². The first-order chi connectivity index (χ1) is 14.2. The van der Waals surface area contributed by atoms with Gasteiger partial charge in [0.25, 0.3) is 0 Å². The number of hydrogen-bond acceptors (Lipinski definition) is 5. The fraction of sp³-hybridized carbons (Fsp3) is 0.208. The van der Waals surface area contributed by atoms with E-state index in [-0.39, 0.29) is 0 Å². The summed E-state index contributed by atoms with van der Waals surface area (Å²) in [4.78, 5) is 16.2. The molecule has 0 atom stereocenters. The third-order valence-electron chi connectivity index (χ3n) is 5.11. The molecule has 0 radical (unpaired) electrons. The summed E-state index contributed by atoms with van der Waals surface area (Å²) in [5.74, 6) is 2.13. The highest BCUT2D eigenvalue weighted by Gasteiger charge is 2.32. The Kier molecular flexibility index (Phi) is 5.38. The molecule has 1 aliphatic heterocycles. The Balaban J connectivity index is 1.53. The van der Waals surface area contributed by atoms with Crippen LogP contribution in [0.2, 0.25) is 0 Å². The second kappa shape index (κ2) is 8.27. The molecule has 146 valence electrons. The summed E-state index contributed by atoms with van der Waals surface area (Å²) in [6, 6.07) is 12.1. The van der Waals surface area contributed by atoms with Crippen LogP contribution in [0, 0.1) is 0 Å². The van der Waals surface area contributed by atoms with Gasteiger partial charge in [-0.3, -0.25) is 9.97 Å². The lowest BCUT2D eigenvalue weighted by atomic mass is 9.92. The lowest BCUT2D eigenvalue weighted by Crippen LogP contribution is -2.46. The van der Waals surface area contributed by atoms with Crippen LogP contribution in [-0.2, 0) is 0 Å². The van der Waals surface area contributed by atoms with Crippen molar-refractivity contribution in [3.63, 3.8) is 0 Å². The van der Waals surface area contributed by atoms with Crippen LogP contribution in [-0.4, -0.2) is 34.6 Å². The van der Waals surface area contributed by atoms with Gasteiger partial charge in [0.15, 0.2) is 0 Å². The molecule has 3 heterocycles. The van der Waals surface area contributed by atoms with E-state index in [1.165, 1.54) is 0 Å². The van der Waals surface area contributed by atoms with Gasteiger partial charge in [-0.05, 0) is 55.0 Å². The summed E-state index contributed by atoms with van der Waals surface area (Å²) in [7, 11) is 0. The van der Waals surface area contributed by atoms with Gasteiger partial charge in [0.2, 0.25) is 0 Å². The predicted molar refractivity (Wildman–Crippen MR) is 118 cm³/mol. The lowest BCUT2D eigenvalue weighted by Gasteiger charge is -2.40. The number of anilines is 1. The molecule has 1 aromatic carbocycles. The van der Waals surface area contributed by atoms with E-state index in [2.05, 4.69) is 28.0 Å². The summed E-state index contributed by atoms with van der Waals surface area (Å²) in [5, 5.41) is 0. The fourth-order valence-electron chi connectivity index (χ4n) is 3.57. The molecule has 4 rings (SSSR count). The highest BCUT2D eigenvalue weighted by Crippen LogP contribution is 2.35. The molecule has 5 nitrogen and oxygen atoms in total. The number of hydrogen-bond donors (Lipinski definition) is 0. The van der Waals surface area contributed by atoms with Gasteiger partial charge >= 0.3 is 0 Å². The van der Waals surface area contributed by atoms with Crippen LogP contribution >= 0.6 is 0 Å². The van der Waals surface area contributed by atoms with Gasteiger partial charge < -0.3 is 9.64 Å². The molecule has 3 aromatic rings. The van der Waals surface area contributed by atoms with Crippen molar-refractivity contribution in [1.29, 1.82) is 0 Å². The van der Waals surface area contributed by atoms with Gasteiger partial charge in [0, 0.05) is 37.0 Å². The largest absolute Gasteiger partial charge is 0.494 e. The van der Waals surface area contributed by atoms with E-state index in [1.807, 2.05) is 43.3 Å².